The quantitative estimate of drug-likeness (QED) is 0.831. The Balaban J connectivity index is 1.66. The van der Waals surface area contributed by atoms with Crippen LogP contribution in [0.25, 0.3) is 4.96 Å². The van der Waals surface area contributed by atoms with E-state index in [0.29, 0.717) is 17.1 Å². The molecule has 1 spiro atoms. The number of hydrogen-bond donors (Lipinski definition) is 1. The van der Waals surface area contributed by atoms with Gasteiger partial charge in [-0.15, -0.1) is 11.3 Å². The smallest absolute Gasteiger partial charge is 0.323 e. The number of fused-ring (bicyclic) bond motifs is 1. The van der Waals surface area contributed by atoms with Crippen LogP contribution in [0.1, 0.15) is 44.0 Å². The van der Waals surface area contributed by atoms with Crippen molar-refractivity contribution in [3.8, 4) is 0 Å². The number of urea groups is 1. The van der Waals surface area contributed by atoms with Crippen molar-refractivity contribution in [1.29, 1.82) is 0 Å². The summed E-state index contributed by atoms with van der Waals surface area (Å²) in [6.07, 6.45) is 3.62. The highest BCUT2D eigenvalue weighted by Gasteiger charge is 2.54. The number of imide groups is 1. The molecule has 0 bridgehead atoms. The van der Waals surface area contributed by atoms with E-state index in [0.717, 1.165) is 25.0 Å². The molecule has 7 nitrogen and oxygen atoms in total. The van der Waals surface area contributed by atoms with Crippen LogP contribution in [0.3, 0.4) is 0 Å². The number of nitrogens with zero attached hydrogens (tertiary/aromatic N) is 3. The number of rotatable bonds is 2. The fourth-order valence-electron chi connectivity index (χ4n) is 3.98. The van der Waals surface area contributed by atoms with Crippen LogP contribution >= 0.6 is 11.3 Å². The molecule has 2 aliphatic rings. The Bertz CT molecular complexity index is 934. The highest BCUT2D eigenvalue weighted by atomic mass is 32.1. The zero-order chi connectivity index (χ0) is 17.8. The molecule has 1 aliphatic carbocycles. The van der Waals surface area contributed by atoms with Gasteiger partial charge < -0.3 is 5.32 Å². The molecule has 25 heavy (non-hydrogen) atoms. The van der Waals surface area contributed by atoms with Gasteiger partial charge in [0.1, 0.15) is 5.54 Å². The number of hydrogen-bond acceptors (Lipinski definition) is 5. The van der Waals surface area contributed by atoms with E-state index in [-0.39, 0.29) is 30.0 Å². The van der Waals surface area contributed by atoms with Gasteiger partial charge in [0, 0.05) is 17.1 Å². The van der Waals surface area contributed by atoms with Crippen molar-refractivity contribution in [2.24, 2.45) is 5.92 Å². The van der Waals surface area contributed by atoms with Gasteiger partial charge >= 0.3 is 6.03 Å². The van der Waals surface area contributed by atoms with E-state index in [1.165, 1.54) is 26.7 Å². The van der Waals surface area contributed by atoms with E-state index in [4.69, 9.17) is 0 Å². The highest BCUT2D eigenvalue weighted by molar-refractivity contribution is 7.15. The van der Waals surface area contributed by atoms with E-state index in [1.54, 1.807) is 0 Å². The maximum Gasteiger partial charge on any atom is 0.325 e. The van der Waals surface area contributed by atoms with Gasteiger partial charge in [0.05, 0.1) is 12.2 Å². The molecular formula is C17H20N4O3S. The molecule has 3 amide bonds. The Hall–Kier alpha value is -2.22. The molecule has 3 heterocycles. The minimum atomic E-state index is -0.784. The van der Waals surface area contributed by atoms with E-state index >= 15 is 0 Å². The van der Waals surface area contributed by atoms with E-state index < -0.39 is 5.54 Å². The third-order valence-corrected chi connectivity index (χ3v) is 6.39. The minimum absolute atomic E-state index is 0.0296. The number of thiazole rings is 1. The highest BCUT2D eigenvalue weighted by Crippen LogP contribution is 2.38. The Kier molecular flexibility index (Phi) is 3.68. The molecule has 1 saturated heterocycles. The fraction of sp³-hybridized carbons (Fsp3) is 0.529. The number of nitrogens with one attached hydrogen (secondary N) is 1. The molecule has 2 aromatic heterocycles. The lowest BCUT2D eigenvalue weighted by molar-refractivity contribution is -0.134. The molecule has 4 rings (SSSR count). The molecule has 2 atom stereocenters. The standard InChI is InChI=1S/C17H20N4O3S/c1-10-5-3-4-6-17(10)14(23)20(15(24)19-17)8-12-7-13(22)21-11(2)9-25-16(21)18-12/h7,9-10H,3-6,8H2,1-2H3,(H,19,24)/t10-,17-/m0/s1. The summed E-state index contributed by atoms with van der Waals surface area (Å²) in [5.74, 6) is -0.0715. The number of aromatic nitrogens is 2. The maximum absolute atomic E-state index is 13.0. The van der Waals surface area contributed by atoms with E-state index in [9.17, 15) is 14.4 Å². The van der Waals surface area contributed by atoms with Gasteiger partial charge in [-0.3, -0.25) is 18.9 Å². The first kappa shape index (κ1) is 16.3. The summed E-state index contributed by atoms with van der Waals surface area (Å²) in [5.41, 5.74) is 0.296. The Morgan fingerprint density at radius 2 is 2.16 bits per heavy atom. The average molecular weight is 360 g/mol. The molecule has 1 N–H and O–H groups in total. The summed E-state index contributed by atoms with van der Waals surface area (Å²) in [4.78, 5) is 44.0. The minimum Gasteiger partial charge on any atom is -0.323 e. The first-order chi connectivity index (χ1) is 11.9. The van der Waals surface area contributed by atoms with Crippen molar-refractivity contribution in [3.05, 3.63) is 33.2 Å². The lowest BCUT2D eigenvalue weighted by Crippen LogP contribution is -2.53. The molecule has 0 radical (unpaired) electrons. The van der Waals surface area contributed by atoms with Gasteiger partial charge in [-0.1, -0.05) is 19.8 Å². The molecule has 132 valence electrons. The summed E-state index contributed by atoms with van der Waals surface area (Å²) in [7, 11) is 0. The molecular weight excluding hydrogens is 340 g/mol. The second kappa shape index (κ2) is 5.66. The van der Waals surface area contributed by atoms with Crippen LogP contribution in [-0.4, -0.2) is 31.8 Å². The molecule has 0 unspecified atom stereocenters. The van der Waals surface area contributed by atoms with Gasteiger partial charge in [0.15, 0.2) is 4.96 Å². The maximum atomic E-state index is 13.0. The second-order valence-electron chi connectivity index (χ2n) is 7.02. The van der Waals surface area contributed by atoms with Crippen molar-refractivity contribution < 1.29 is 9.59 Å². The van der Waals surface area contributed by atoms with Gasteiger partial charge in [0.25, 0.3) is 11.5 Å². The monoisotopic (exact) mass is 360 g/mol. The van der Waals surface area contributed by atoms with Crippen LogP contribution < -0.4 is 10.9 Å². The summed E-state index contributed by atoms with van der Waals surface area (Å²) in [6, 6.07) is 1.02. The zero-order valence-corrected chi connectivity index (χ0v) is 15.1. The molecule has 2 fully saturated rings. The number of carbonyl (C=O) groups is 2. The first-order valence-electron chi connectivity index (χ1n) is 8.53. The van der Waals surface area contributed by atoms with Crippen molar-refractivity contribution in [3.63, 3.8) is 0 Å². The molecule has 0 aromatic carbocycles. The van der Waals surface area contributed by atoms with Gasteiger partial charge in [0.2, 0.25) is 0 Å². The zero-order valence-electron chi connectivity index (χ0n) is 14.2. The Labute approximate surface area is 148 Å². The summed E-state index contributed by atoms with van der Waals surface area (Å²) >= 11 is 1.37. The molecule has 1 aliphatic heterocycles. The predicted octanol–water partition coefficient (Wildman–Crippen LogP) is 2.07. The fourth-order valence-corrected chi connectivity index (χ4v) is 4.87. The van der Waals surface area contributed by atoms with Crippen LogP contribution in [0, 0.1) is 12.8 Å². The van der Waals surface area contributed by atoms with Crippen molar-refractivity contribution in [2.75, 3.05) is 0 Å². The summed E-state index contributed by atoms with van der Waals surface area (Å²) in [6.45, 7) is 3.89. The Morgan fingerprint density at radius 3 is 2.92 bits per heavy atom. The lowest BCUT2D eigenvalue weighted by Gasteiger charge is -2.36. The van der Waals surface area contributed by atoms with Crippen molar-refractivity contribution >= 4 is 28.2 Å². The first-order valence-corrected chi connectivity index (χ1v) is 9.41. The third kappa shape index (κ3) is 2.38. The third-order valence-electron chi connectivity index (χ3n) is 5.45. The lowest BCUT2D eigenvalue weighted by atomic mass is 9.73. The molecule has 8 heteroatoms. The largest absolute Gasteiger partial charge is 0.325 e. The summed E-state index contributed by atoms with van der Waals surface area (Å²) < 4.78 is 1.53. The van der Waals surface area contributed by atoms with Gasteiger partial charge in [-0.05, 0) is 25.7 Å². The van der Waals surface area contributed by atoms with Crippen LogP contribution in [-0.2, 0) is 11.3 Å². The van der Waals surface area contributed by atoms with Crippen molar-refractivity contribution in [1.82, 2.24) is 19.6 Å². The topological polar surface area (TPSA) is 83.8 Å². The summed E-state index contributed by atoms with van der Waals surface area (Å²) in [5, 5.41) is 4.78. The Morgan fingerprint density at radius 1 is 1.36 bits per heavy atom. The predicted molar refractivity (Wildman–Crippen MR) is 93.5 cm³/mol. The normalized spacial score (nSPS) is 26.6. The SMILES string of the molecule is Cc1csc2nc(CN3C(=O)N[C@]4(CCCC[C@@H]4C)C3=O)cc(=O)n12. The average Bonchev–Trinajstić information content (AvgIpc) is 3.05. The van der Waals surface area contributed by atoms with Gasteiger partial charge in [-0.2, -0.15) is 0 Å². The number of carbonyl (C=O) groups excluding carboxylic acids is 2. The molecule has 2 aromatic rings. The second-order valence-corrected chi connectivity index (χ2v) is 7.86. The van der Waals surface area contributed by atoms with Gasteiger partial charge in [-0.25, -0.2) is 9.78 Å². The number of amides is 3. The van der Waals surface area contributed by atoms with Crippen LogP contribution in [0.5, 0.6) is 0 Å². The van der Waals surface area contributed by atoms with E-state index in [2.05, 4.69) is 10.3 Å². The van der Waals surface area contributed by atoms with Crippen LogP contribution in [0.2, 0.25) is 0 Å². The van der Waals surface area contributed by atoms with Crippen molar-refractivity contribution in [2.45, 2.75) is 51.6 Å². The molecule has 1 saturated carbocycles. The van der Waals surface area contributed by atoms with E-state index in [1.807, 2.05) is 19.2 Å². The number of aryl methyl sites for hydroxylation is 1. The van der Waals surface area contributed by atoms with Crippen LogP contribution in [0.15, 0.2) is 16.2 Å². The van der Waals surface area contributed by atoms with Crippen LogP contribution in [0.4, 0.5) is 4.79 Å².